The van der Waals surface area contributed by atoms with Crippen LogP contribution in [0.4, 0.5) is 14.5 Å². The Hall–Kier alpha value is -3.02. The molecular formula is C19H16F2N2O2. The number of hydrogen-bond donors (Lipinski definition) is 1. The fraction of sp³-hybridized carbons (Fsp3) is 0.158. The van der Waals surface area contributed by atoms with Crippen LogP contribution >= 0.6 is 0 Å². The average Bonchev–Trinajstić information content (AvgIpc) is 3.05. The Labute approximate surface area is 143 Å². The number of carbonyl (C=O) groups excluding carboxylic acids is 1. The maximum atomic E-state index is 13.7. The molecule has 4 nitrogen and oxygen atoms in total. The van der Waals surface area contributed by atoms with Gasteiger partial charge < -0.3 is 9.73 Å². The second-order valence-electron chi connectivity index (χ2n) is 5.61. The lowest BCUT2D eigenvalue weighted by Gasteiger charge is -2.07. The van der Waals surface area contributed by atoms with Crippen molar-refractivity contribution >= 4 is 11.6 Å². The summed E-state index contributed by atoms with van der Waals surface area (Å²) in [5.41, 5.74) is 1.53. The fourth-order valence-corrected chi connectivity index (χ4v) is 2.37. The summed E-state index contributed by atoms with van der Waals surface area (Å²) in [7, 11) is 0. The zero-order valence-corrected chi connectivity index (χ0v) is 13.6. The molecule has 0 radical (unpaired) electrons. The van der Waals surface area contributed by atoms with E-state index in [9.17, 15) is 13.6 Å². The Balaban J connectivity index is 1.61. The predicted molar refractivity (Wildman–Crippen MR) is 90.0 cm³/mol. The summed E-state index contributed by atoms with van der Waals surface area (Å²) >= 11 is 0. The SMILES string of the molecule is Cc1ccc(F)cc1NC(=O)CCc1ncc(-c2ccccc2F)o1. The number of aromatic nitrogens is 1. The Bertz CT molecular complexity index is 906. The molecule has 1 heterocycles. The van der Waals surface area contributed by atoms with Crippen molar-refractivity contribution < 1.29 is 18.0 Å². The summed E-state index contributed by atoms with van der Waals surface area (Å²) in [6.07, 6.45) is 1.81. The first-order chi connectivity index (χ1) is 12.0. The van der Waals surface area contributed by atoms with Crippen LogP contribution in [-0.4, -0.2) is 10.9 Å². The highest BCUT2D eigenvalue weighted by Crippen LogP contribution is 2.23. The highest BCUT2D eigenvalue weighted by molar-refractivity contribution is 5.91. The minimum Gasteiger partial charge on any atom is -0.441 e. The summed E-state index contributed by atoms with van der Waals surface area (Å²) in [4.78, 5) is 16.1. The van der Waals surface area contributed by atoms with Gasteiger partial charge >= 0.3 is 0 Å². The van der Waals surface area contributed by atoms with Gasteiger partial charge in [-0.05, 0) is 36.8 Å². The number of aryl methyl sites for hydroxylation is 2. The van der Waals surface area contributed by atoms with Crippen molar-refractivity contribution in [3.8, 4) is 11.3 Å². The molecule has 0 unspecified atom stereocenters. The molecule has 6 heteroatoms. The Morgan fingerprint density at radius 1 is 1.20 bits per heavy atom. The lowest BCUT2D eigenvalue weighted by atomic mass is 10.2. The average molecular weight is 342 g/mol. The number of nitrogens with zero attached hydrogens (tertiary/aromatic N) is 1. The van der Waals surface area contributed by atoms with Gasteiger partial charge in [-0.15, -0.1) is 0 Å². The molecule has 0 aliphatic rings. The number of anilines is 1. The summed E-state index contributed by atoms with van der Waals surface area (Å²) in [5.74, 6) is -0.439. The van der Waals surface area contributed by atoms with E-state index in [0.717, 1.165) is 5.56 Å². The van der Waals surface area contributed by atoms with Gasteiger partial charge in [-0.1, -0.05) is 18.2 Å². The van der Waals surface area contributed by atoms with Gasteiger partial charge in [0.15, 0.2) is 11.7 Å². The van der Waals surface area contributed by atoms with Crippen LogP contribution in [0.2, 0.25) is 0 Å². The van der Waals surface area contributed by atoms with Crippen LogP contribution in [0.25, 0.3) is 11.3 Å². The van der Waals surface area contributed by atoms with E-state index in [2.05, 4.69) is 10.3 Å². The van der Waals surface area contributed by atoms with Crippen molar-refractivity contribution in [2.45, 2.75) is 19.8 Å². The summed E-state index contributed by atoms with van der Waals surface area (Å²) in [6.45, 7) is 1.78. The number of oxazole rings is 1. The fourth-order valence-electron chi connectivity index (χ4n) is 2.37. The molecule has 3 aromatic rings. The van der Waals surface area contributed by atoms with Crippen molar-refractivity contribution in [3.05, 3.63) is 71.8 Å². The first-order valence-electron chi connectivity index (χ1n) is 7.78. The largest absolute Gasteiger partial charge is 0.441 e. The van der Waals surface area contributed by atoms with Gasteiger partial charge in [0.2, 0.25) is 5.91 Å². The molecule has 0 fully saturated rings. The number of halogens is 2. The molecule has 0 saturated carbocycles. The van der Waals surface area contributed by atoms with E-state index in [1.165, 1.54) is 24.4 Å². The molecule has 0 spiro atoms. The van der Waals surface area contributed by atoms with E-state index in [-0.39, 0.29) is 18.7 Å². The third-order valence-corrected chi connectivity index (χ3v) is 3.73. The molecule has 1 aromatic heterocycles. The molecule has 0 saturated heterocycles. The minimum atomic E-state index is -0.414. The number of nitrogens with one attached hydrogen (secondary N) is 1. The molecule has 0 atom stereocenters. The molecule has 1 N–H and O–H groups in total. The van der Waals surface area contributed by atoms with Crippen LogP contribution in [0, 0.1) is 18.6 Å². The maximum absolute atomic E-state index is 13.7. The van der Waals surface area contributed by atoms with Gasteiger partial charge in [0.05, 0.1) is 11.8 Å². The lowest BCUT2D eigenvalue weighted by Crippen LogP contribution is -2.13. The van der Waals surface area contributed by atoms with Crippen molar-refractivity contribution in [1.82, 2.24) is 4.98 Å². The molecule has 1 amide bonds. The van der Waals surface area contributed by atoms with Crippen molar-refractivity contribution in [2.24, 2.45) is 0 Å². The molecule has 0 aliphatic carbocycles. The molecule has 2 aromatic carbocycles. The van der Waals surface area contributed by atoms with Gasteiger partial charge in [0.25, 0.3) is 0 Å². The molecular weight excluding hydrogens is 326 g/mol. The number of benzene rings is 2. The maximum Gasteiger partial charge on any atom is 0.224 e. The first kappa shape index (κ1) is 16.8. The van der Waals surface area contributed by atoms with Crippen molar-refractivity contribution in [1.29, 1.82) is 0 Å². The zero-order valence-electron chi connectivity index (χ0n) is 13.6. The lowest BCUT2D eigenvalue weighted by molar-refractivity contribution is -0.116. The second kappa shape index (κ2) is 7.25. The van der Waals surface area contributed by atoms with E-state index >= 15 is 0 Å². The van der Waals surface area contributed by atoms with E-state index in [0.29, 0.717) is 22.9 Å². The molecule has 25 heavy (non-hydrogen) atoms. The second-order valence-corrected chi connectivity index (χ2v) is 5.61. The minimum absolute atomic E-state index is 0.118. The van der Waals surface area contributed by atoms with Crippen molar-refractivity contribution in [3.63, 3.8) is 0 Å². The summed E-state index contributed by atoms with van der Waals surface area (Å²) in [6, 6.07) is 10.4. The van der Waals surface area contributed by atoms with E-state index in [1.54, 1.807) is 31.2 Å². The third-order valence-electron chi connectivity index (χ3n) is 3.73. The van der Waals surface area contributed by atoms with E-state index in [4.69, 9.17) is 4.42 Å². The number of rotatable bonds is 5. The van der Waals surface area contributed by atoms with E-state index in [1.807, 2.05) is 0 Å². The molecule has 3 rings (SSSR count). The normalized spacial score (nSPS) is 10.7. The van der Waals surface area contributed by atoms with Crippen LogP contribution in [0.1, 0.15) is 17.9 Å². The van der Waals surface area contributed by atoms with Crippen LogP contribution in [0.5, 0.6) is 0 Å². The van der Waals surface area contributed by atoms with Crippen LogP contribution in [0.15, 0.2) is 53.1 Å². The number of carbonyl (C=O) groups is 1. The van der Waals surface area contributed by atoms with Crippen LogP contribution in [0.3, 0.4) is 0 Å². The van der Waals surface area contributed by atoms with Gasteiger partial charge in [-0.2, -0.15) is 0 Å². The Morgan fingerprint density at radius 2 is 2.00 bits per heavy atom. The monoisotopic (exact) mass is 342 g/mol. The van der Waals surface area contributed by atoms with Gasteiger partial charge in [0, 0.05) is 18.5 Å². The van der Waals surface area contributed by atoms with Gasteiger partial charge in [-0.25, -0.2) is 13.8 Å². The quantitative estimate of drug-likeness (QED) is 0.743. The molecule has 128 valence electrons. The van der Waals surface area contributed by atoms with Gasteiger partial charge in [-0.3, -0.25) is 4.79 Å². The highest BCUT2D eigenvalue weighted by atomic mass is 19.1. The molecule has 0 aliphatic heterocycles. The predicted octanol–water partition coefficient (Wildman–Crippen LogP) is 4.50. The topological polar surface area (TPSA) is 55.1 Å². The molecule has 0 bridgehead atoms. The standard InChI is InChI=1S/C19H16F2N2O2/c1-12-6-7-13(20)10-16(12)23-18(24)8-9-19-22-11-17(25-19)14-4-2-3-5-15(14)21/h2-7,10-11H,8-9H2,1H3,(H,23,24). The zero-order chi connectivity index (χ0) is 17.8. The van der Waals surface area contributed by atoms with Crippen LogP contribution in [-0.2, 0) is 11.2 Å². The van der Waals surface area contributed by atoms with E-state index < -0.39 is 11.6 Å². The van der Waals surface area contributed by atoms with Crippen molar-refractivity contribution in [2.75, 3.05) is 5.32 Å². The smallest absolute Gasteiger partial charge is 0.224 e. The Kier molecular flexibility index (Phi) is 4.88. The third kappa shape index (κ3) is 4.09. The van der Waals surface area contributed by atoms with Crippen LogP contribution < -0.4 is 5.32 Å². The highest BCUT2D eigenvalue weighted by Gasteiger charge is 2.12. The Morgan fingerprint density at radius 3 is 2.80 bits per heavy atom. The number of amides is 1. The van der Waals surface area contributed by atoms with Gasteiger partial charge in [0.1, 0.15) is 11.6 Å². The summed E-state index contributed by atoms with van der Waals surface area (Å²) < 4.78 is 32.5. The number of hydrogen-bond acceptors (Lipinski definition) is 3. The summed E-state index contributed by atoms with van der Waals surface area (Å²) in [5, 5.41) is 2.66. The first-order valence-corrected chi connectivity index (χ1v) is 7.78.